The largest absolute Gasteiger partial charge is 0.507 e. The molecule has 90 heavy (non-hydrogen) atoms. The van der Waals surface area contributed by atoms with Crippen molar-refractivity contribution in [2.45, 2.75) is 234 Å². The summed E-state index contributed by atoms with van der Waals surface area (Å²) in [6.07, 6.45) is 23.0. The molecule has 0 saturated carbocycles. The van der Waals surface area contributed by atoms with E-state index >= 15 is 18.3 Å². The Morgan fingerprint density at radius 2 is 0.533 bits per heavy atom. The summed E-state index contributed by atoms with van der Waals surface area (Å²) in [4.78, 5) is 0. The van der Waals surface area contributed by atoms with E-state index in [-0.39, 0.29) is 101 Å². The van der Waals surface area contributed by atoms with Crippen molar-refractivity contribution in [3.05, 3.63) is 116 Å². The lowest BCUT2D eigenvalue weighted by molar-refractivity contribution is 0.193. The Balaban J connectivity index is 1.83. The Bertz CT molecular complexity index is 2570. The fourth-order valence-electron chi connectivity index (χ4n) is 12.2. The molecule has 508 valence electrons. The summed E-state index contributed by atoms with van der Waals surface area (Å²) in [5.41, 5.74) is 4.91. The molecule has 0 heterocycles. The van der Waals surface area contributed by atoms with Crippen molar-refractivity contribution in [1.29, 1.82) is 0 Å². The van der Waals surface area contributed by atoms with Crippen molar-refractivity contribution in [3.8, 4) is 23.0 Å². The average molecular weight is 1330 g/mol. The zero-order valence-corrected chi connectivity index (χ0v) is 59.9. The van der Waals surface area contributed by atoms with Gasteiger partial charge in [-0.3, -0.25) is 18.3 Å². The summed E-state index contributed by atoms with van der Waals surface area (Å²) in [6.45, 7) is 18.5. The van der Waals surface area contributed by atoms with Gasteiger partial charge in [-0.1, -0.05) is 190 Å². The Hall–Kier alpha value is -3.32. The third-order valence-electron chi connectivity index (χ3n) is 16.2. The Kier molecular flexibility index (Phi) is 35.1. The monoisotopic (exact) mass is 1330 g/mol. The van der Waals surface area contributed by atoms with Gasteiger partial charge < -0.3 is 55.9 Å². The van der Waals surface area contributed by atoms with Crippen LogP contribution in [0.15, 0.2) is 60.7 Å². The summed E-state index contributed by atoms with van der Waals surface area (Å²) < 4.78 is 124. The maximum absolute atomic E-state index is 15.5. The van der Waals surface area contributed by atoms with E-state index in [0.29, 0.717) is 69.2 Å². The highest BCUT2D eigenvalue weighted by atomic mass is 31.2. The van der Waals surface area contributed by atoms with Gasteiger partial charge in [-0.15, -0.1) is 0 Å². The molecule has 0 amide bonds. The summed E-state index contributed by atoms with van der Waals surface area (Å²) in [6, 6.07) is 18.3. The molecule has 8 bridgehead atoms. The quantitative estimate of drug-likeness (QED) is 0.0275. The summed E-state index contributed by atoms with van der Waals surface area (Å²) >= 11 is 0. The van der Waals surface area contributed by atoms with Crippen LogP contribution in [0.1, 0.15) is 264 Å². The molecule has 1 aliphatic carbocycles. The number of ether oxygens (including phenoxy) is 2. The van der Waals surface area contributed by atoms with Crippen molar-refractivity contribution in [3.63, 3.8) is 0 Å². The molecule has 16 nitrogen and oxygen atoms in total. The smallest absolute Gasteiger partial charge is 0.350 e. The first kappa shape index (κ1) is 77.4. The van der Waals surface area contributed by atoms with Gasteiger partial charge in [0.15, 0.2) is 10.8 Å². The summed E-state index contributed by atoms with van der Waals surface area (Å²) in [7, 11) is -17.5. The molecule has 2 N–H and O–H groups in total. The molecule has 0 saturated heterocycles. The maximum Gasteiger partial charge on any atom is 0.350 e. The highest BCUT2D eigenvalue weighted by Gasteiger charge is 2.54. The average Bonchev–Trinajstić information content (AvgIpc) is 0.769. The minimum atomic E-state index is -4.38. The molecule has 0 aromatic heterocycles. The van der Waals surface area contributed by atoms with Gasteiger partial charge in [0, 0.05) is 25.7 Å². The number of phenolic OH excluding ortho intramolecular Hbond substituents is 2. The van der Waals surface area contributed by atoms with Crippen LogP contribution in [-0.4, -0.2) is 76.3 Å². The number of unbranched alkanes of at least 4 members (excludes halogenated alkanes) is 18. The van der Waals surface area contributed by atoms with Crippen molar-refractivity contribution < 1.29 is 74.1 Å². The SMILES string of the molecule is CCCCCCCCCCCCOc1c2cccc1Cc1cc(C(P(=O)(OCC)OCC)P(=O)(OCC)OCC)cc(c1O)Cc1cccc(c1OCCCCCCCCCCCC)Cc1cc(C(P(=O)(OCC)OCC)P(=O)(OCC)OCC)cc(c1O)C2. The lowest BCUT2D eigenvalue weighted by atomic mass is 9.90. The van der Waals surface area contributed by atoms with Gasteiger partial charge in [-0.05, 0) is 124 Å². The molecule has 0 fully saturated rings. The van der Waals surface area contributed by atoms with Crippen LogP contribution in [0.4, 0.5) is 0 Å². The maximum atomic E-state index is 15.5. The van der Waals surface area contributed by atoms with Gasteiger partial charge >= 0.3 is 30.4 Å². The number of aromatic hydroxyl groups is 2. The van der Waals surface area contributed by atoms with Gasteiger partial charge in [0.25, 0.3) is 0 Å². The standard InChI is InChI=1S/C70H112O16P4/c1-11-21-23-25-27-29-31-33-35-37-45-77-67-55-41-39-42-56(67)48-60-52-64(70(89(75,83-17-7)84-18-8)90(76,85-19-9)86-20-10)54-62(66(60)72)50-58-44-40-43-57(68(58)78-46-38-36-34-32-30-28-26-24-22-12-2)49-61-53-63(51-59(47-55)65(61)71)69(87(73,79-13-3)80-14-4)88(74,81-15-5)82-16-6/h39-44,51-54,69-72H,11-38,45-50H2,1-10H3. The zero-order chi connectivity index (χ0) is 65.4. The molecule has 1 aliphatic rings. The second kappa shape index (κ2) is 40.8. The number of hydrogen-bond acceptors (Lipinski definition) is 16. The fraction of sp³-hybridized carbons (Fsp3) is 0.657. The highest BCUT2D eigenvalue weighted by Crippen LogP contribution is 2.80. The Morgan fingerprint density at radius 1 is 0.322 bits per heavy atom. The first-order valence-electron chi connectivity index (χ1n) is 34.2. The van der Waals surface area contributed by atoms with Crippen LogP contribution in [0.25, 0.3) is 0 Å². The van der Waals surface area contributed by atoms with E-state index in [1.54, 1.807) is 79.7 Å². The van der Waals surface area contributed by atoms with E-state index in [9.17, 15) is 10.2 Å². The van der Waals surface area contributed by atoms with E-state index in [4.69, 9.17) is 45.7 Å². The number of para-hydroxylation sites is 2. The van der Waals surface area contributed by atoms with Gasteiger partial charge in [-0.2, -0.15) is 0 Å². The van der Waals surface area contributed by atoms with Gasteiger partial charge in [0.05, 0.1) is 66.1 Å². The third-order valence-corrected chi connectivity index (χ3v) is 28.1. The molecule has 5 rings (SSSR count). The molecule has 0 unspecified atom stereocenters. The number of phenols is 2. The topological polar surface area (TPSA) is 201 Å². The van der Waals surface area contributed by atoms with E-state index in [0.717, 1.165) is 51.4 Å². The van der Waals surface area contributed by atoms with Crippen molar-refractivity contribution in [2.24, 2.45) is 0 Å². The lowest BCUT2D eigenvalue weighted by Gasteiger charge is -2.32. The predicted octanol–water partition coefficient (Wildman–Crippen LogP) is 21.4. The van der Waals surface area contributed by atoms with Gasteiger partial charge in [-0.25, -0.2) is 0 Å². The predicted molar refractivity (Wildman–Crippen MR) is 364 cm³/mol. The number of benzene rings is 4. The first-order chi connectivity index (χ1) is 43.5. The first-order valence-corrected chi connectivity index (χ1v) is 40.7. The van der Waals surface area contributed by atoms with E-state index in [1.165, 1.54) is 77.0 Å². The van der Waals surface area contributed by atoms with Gasteiger partial charge in [0.1, 0.15) is 23.0 Å². The van der Waals surface area contributed by atoms with Crippen LogP contribution in [-0.2, 0) is 80.1 Å². The molecule has 0 atom stereocenters. The van der Waals surface area contributed by atoms with Crippen LogP contribution in [0, 0.1) is 0 Å². The van der Waals surface area contributed by atoms with E-state index in [1.807, 2.05) is 36.4 Å². The van der Waals surface area contributed by atoms with Crippen LogP contribution in [0.3, 0.4) is 0 Å². The minimum absolute atomic E-state index is 0.0284. The minimum Gasteiger partial charge on any atom is -0.507 e. The number of rotatable bonds is 46. The number of fused-ring (bicyclic) bond motifs is 8. The molecular formula is C70H112O16P4. The Labute approximate surface area is 541 Å². The zero-order valence-electron chi connectivity index (χ0n) is 56.4. The lowest BCUT2D eigenvalue weighted by Crippen LogP contribution is -2.13. The van der Waals surface area contributed by atoms with Crippen LogP contribution in [0.2, 0.25) is 0 Å². The van der Waals surface area contributed by atoms with Crippen molar-refractivity contribution in [1.82, 2.24) is 0 Å². The summed E-state index contributed by atoms with van der Waals surface area (Å²) in [5, 5.41) is 22.7. The second-order valence-corrected chi connectivity index (χ2v) is 32.5. The molecule has 0 radical (unpaired) electrons. The van der Waals surface area contributed by atoms with Crippen molar-refractivity contribution >= 4 is 30.4 Å². The fourth-order valence-corrected chi connectivity index (χ4v) is 22.9. The number of hydrogen-bond donors (Lipinski definition) is 2. The van der Waals surface area contributed by atoms with E-state index in [2.05, 4.69) is 13.8 Å². The normalized spacial score (nSPS) is 13.2. The Morgan fingerprint density at radius 3 is 0.744 bits per heavy atom. The van der Waals surface area contributed by atoms with Crippen molar-refractivity contribution in [2.75, 3.05) is 66.1 Å². The highest BCUT2D eigenvalue weighted by molar-refractivity contribution is 7.72. The molecule has 4 aromatic carbocycles. The van der Waals surface area contributed by atoms with Crippen LogP contribution < -0.4 is 9.47 Å². The molecule has 0 spiro atoms. The molecule has 20 heteroatoms. The van der Waals surface area contributed by atoms with Crippen LogP contribution in [0.5, 0.6) is 23.0 Å². The third kappa shape index (κ3) is 22.4. The molecule has 0 aliphatic heterocycles. The van der Waals surface area contributed by atoms with Crippen LogP contribution >= 0.6 is 30.4 Å². The molecular weight excluding hydrogens is 1220 g/mol. The van der Waals surface area contributed by atoms with E-state index < -0.39 is 41.2 Å². The van der Waals surface area contributed by atoms with Gasteiger partial charge in [0.2, 0.25) is 0 Å². The summed E-state index contributed by atoms with van der Waals surface area (Å²) in [5.74, 6) is 0.969. The second-order valence-electron chi connectivity index (χ2n) is 23.2. The molecule has 4 aromatic rings.